The molecule has 4 rings (SSSR count). The summed E-state index contributed by atoms with van der Waals surface area (Å²) in [6.07, 6.45) is 7.06. The van der Waals surface area contributed by atoms with Gasteiger partial charge in [-0.15, -0.1) is 0 Å². The van der Waals surface area contributed by atoms with Gasteiger partial charge in [0.25, 0.3) is 0 Å². The molecule has 2 aliphatic rings. The summed E-state index contributed by atoms with van der Waals surface area (Å²) in [5.74, 6) is 0.0909. The number of amides is 1. The van der Waals surface area contributed by atoms with Gasteiger partial charge in [-0.3, -0.25) is 9.59 Å². The maximum atomic E-state index is 12.6. The van der Waals surface area contributed by atoms with Crippen molar-refractivity contribution in [1.82, 2.24) is 14.5 Å². The topological polar surface area (TPSA) is 75.4 Å². The molecule has 0 aromatic carbocycles. The molecule has 2 aromatic rings. The van der Waals surface area contributed by atoms with Crippen LogP contribution in [0.2, 0.25) is 0 Å². The molecule has 1 aliphatic heterocycles. The van der Waals surface area contributed by atoms with Crippen molar-refractivity contribution in [1.29, 1.82) is 0 Å². The molecule has 0 bridgehead atoms. The number of carbonyl (C=O) groups excluding carboxylic acids is 1. The van der Waals surface area contributed by atoms with Crippen molar-refractivity contribution < 1.29 is 14.7 Å². The van der Waals surface area contributed by atoms with Gasteiger partial charge < -0.3 is 14.6 Å². The Hall–Kier alpha value is -2.37. The third kappa shape index (κ3) is 3.45. The maximum absolute atomic E-state index is 12.6. The summed E-state index contributed by atoms with van der Waals surface area (Å²) in [5.41, 5.74) is 3.65. The molecular formula is C20H25N3O3. The molecule has 26 heavy (non-hydrogen) atoms. The van der Waals surface area contributed by atoms with Gasteiger partial charge in [0.15, 0.2) is 0 Å². The highest BCUT2D eigenvalue weighted by Crippen LogP contribution is 2.36. The third-order valence-corrected chi connectivity index (χ3v) is 5.54. The molecule has 0 unspecified atom stereocenters. The van der Waals surface area contributed by atoms with Crippen LogP contribution in [0.3, 0.4) is 0 Å². The average Bonchev–Trinajstić information content (AvgIpc) is 3.41. The summed E-state index contributed by atoms with van der Waals surface area (Å²) in [4.78, 5) is 29.7. The molecule has 6 nitrogen and oxygen atoms in total. The average molecular weight is 355 g/mol. The maximum Gasteiger partial charge on any atom is 0.303 e. The second-order valence-corrected chi connectivity index (χ2v) is 7.52. The van der Waals surface area contributed by atoms with E-state index in [0.717, 1.165) is 31.1 Å². The van der Waals surface area contributed by atoms with Crippen molar-refractivity contribution in [2.45, 2.75) is 58.0 Å². The molecule has 3 heterocycles. The minimum atomic E-state index is -0.794. The molecular weight excluding hydrogens is 330 g/mol. The zero-order valence-corrected chi connectivity index (χ0v) is 15.0. The SMILES string of the molecule is O=C(O)CCCCC(=O)N1CCc2c(n(CC3CC3)c3ncccc23)C1. The minimum Gasteiger partial charge on any atom is -0.481 e. The molecule has 138 valence electrons. The molecule has 0 saturated heterocycles. The molecule has 1 fully saturated rings. The lowest BCUT2D eigenvalue weighted by Crippen LogP contribution is -2.36. The first-order valence-corrected chi connectivity index (χ1v) is 9.58. The number of carbonyl (C=O) groups is 2. The number of carboxylic acids is 1. The zero-order chi connectivity index (χ0) is 18.1. The molecule has 0 atom stereocenters. The quantitative estimate of drug-likeness (QED) is 0.775. The van der Waals surface area contributed by atoms with Crippen LogP contribution in [0.5, 0.6) is 0 Å². The van der Waals surface area contributed by atoms with Gasteiger partial charge in [0, 0.05) is 43.2 Å². The lowest BCUT2D eigenvalue weighted by Gasteiger charge is -2.28. The van der Waals surface area contributed by atoms with Crippen LogP contribution in [-0.4, -0.2) is 38.0 Å². The fourth-order valence-corrected chi connectivity index (χ4v) is 3.94. The Morgan fingerprint density at radius 3 is 2.81 bits per heavy atom. The van der Waals surface area contributed by atoms with E-state index in [1.54, 1.807) is 0 Å². The first-order valence-electron chi connectivity index (χ1n) is 9.58. The van der Waals surface area contributed by atoms with E-state index in [-0.39, 0.29) is 12.3 Å². The van der Waals surface area contributed by atoms with Crippen molar-refractivity contribution >= 4 is 22.9 Å². The van der Waals surface area contributed by atoms with E-state index >= 15 is 0 Å². The highest BCUT2D eigenvalue weighted by molar-refractivity contribution is 5.83. The van der Waals surface area contributed by atoms with Crippen molar-refractivity contribution in [3.8, 4) is 0 Å². The van der Waals surface area contributed by atoms with Crippen LogP contribution in [0.15, 0.2) is 18.3 Å². The van der Waals surface area contributed by atoms with Gasteiger partial charge in [-0.1, -0.05) is 0 Å². The van der Waals surface area contributed by atoms with Crippen LogP contribution in [0.4, 0.5) is 0 Å². The highest BCUT2D eigenvalue weighted by Gasteiger charge is 2.30. The number of hydrogen-bond acceptors (Lipinski definition) is 3. The Bertz CT molecular complexity index is 838. The fourth-order valence-electron chi connectivity index (χ4n) is 3.94. The van der Waals surface area contributed by atoms with E-state index in [4.69, 9.17) is 5.11 Å². The molecule has 1 N–H and O–H groups in total. The minimum absolute atomic E-state index is 0.136. The summed E-state index contributed by atoms with van der Waals surface area (Å²) >= 11 is 0. The predicted molar refractivity (Wildman–Crippen MR) is 97.7 cm³/mol. The lowest BCUT2D eigenvalue weighted by atomic mass is 10.0. The van der Waals surface area contributed by atoms with Gasteiger partial charge in [0.05, 0.1) is 6.54 Å². The van der Waals surface area contributed by atoms with E-state index in [2.05, 4.69) is 15.6 Å². The largest absolute Gasteiger partial charge is 0.481 e. The number of fused-ring (bicyclic) bond motifs is 3. The molecule has 0 spiro atoms. The Labute approximate surface area is 152 Å². The number of aromatic nitrogens is 2. The van der Waals surface area contributed by atoms with Gasteiger partial charge in [-0.05, 0) is 55.7 Å². The zero-order valence-electron chi connectivity index (χ0n) is 15.0. The number of nitrogens with zero attached hydrogens (tertiary/aromatic N) is 3. The number of unbranched alkanes of at least 4 members (excludes halogenated alkanes) is 1. The number of carboxylic acid groups (broad SMARTS) is 1. The Balaban J connectivity index is 1.50. The van der Waals surface area contributed by atoms with E-state index in [1.165, 1.54) is 29.5 Å². The van der Waals surface area contributed by atoms with E-state index < -0.39 is 5.97 Å². The van der Waals surface area contributed by atoms with Crippen molar-refractivity contribution in [3.63, 3.8) is 0 Å². The normalized spacial score (nSPS) is 16.7. The van der Waals surface area contributed by atoms with Crippen LogP contribution < -0.4 is 0 Å². The summed E-state index contributed by atoms with van der Waals surface area (Å²) in [6, 6.07) is 4.14. The van der Waals surface area contributed by atoms with Crippen molar-refractivity contribution in [3.05, 3.63) is 29.6 Å². The molecule has 0 radical (unpaired) electrons. The smallest absolute Gasteiger partial charge is 0.303 e. The van der Waals surface area contributed by atoms with E-state index in [0.29, 0.717) is 25.8 Å². The van der Waals surface area contributed by atoms with Crippen LogP contribution in [-0.2, 0) is 29.1 Å². The second kappa shape index (κ2) is 7.09. The van der Waals surface area contributed by atoms with Gasteiger partial charge in [0.2, 0.25) is 5.91 Å². The number of rotatable bonds is 7. The van der Waals surface area contributed by atoms with Crippen LogP contribution in [0.1, 0.15) is 49.8 Å². The number of hydrogen-bond donors (Lipinski definition) is 1. The van der Waals surface area contributed by atoms with Crippen LogP contribution in [0, 0.1) is 5.92 Å². The second-order valence-electron chi connectivity index (χ2n) is 7.52. The third-order valence-electron chi connectivity index (χ3n) is 5.54. The van der Waals surface area contributed by atoms with Crippen molar-refractivity contribution in [2.75, 3.05) is 6.54 Å². The van der Waals surface area contributed by atoms with E-state index in [9.17, 15) is 9.59 Å². The molecule has 2 aromatic heterocycles. The van der Waals surface area contributed by atoms with Crippen LogP contribution in [0.25, 0.3) is 11.0 Å². The summed E-state index contributed by atoms with van der Waals surface area (Å²) in [5, 5.41) is 9.94. The molecule has 6 heteroatoms. The fraction of sp³-hybridized carbons (Fsp3) is 0.550. The number of pyridine rings is 1. The summed E-state index contributed by atoms with van der Waals surface area (Å²) < 4.78 is 2.34. The van der Waals surface area contributed by atoms with Gasteiger partial charge in [-0.25, -0.2) is 4.98 Å². The standard InChI is InChI=1S/C20H25N3O3/c24-18(5-1-2-6-19(25)26)22-11-9-15-16-4-3-10-21-20(16)23(17(15)13-22)12-14-7-8-14/h3-4,10,14H,1-2,5-9,11-13H2,(H,25,26). The first kappa shape index (κ1) is 17.1. The predicted octanol–water partition coefficient (Wildman–Crippen LogP) is 2.98. The van der Waals surface area contributed by atoms with Gasteiger partial charge in [-0.2, -0.15) is 0 Å². The van der Waals surface area contributed by atoms with Crippen LogP contribution >= 0.6 is 0 Å². The van der Waals surface area contributed by atoms with Crippen molar-refractivity contribution in [2.24, 2.45) is 5.92 Å². The van der Waals surface area contributed by atoms with Gasteiger partial charge >= 0.3 is 5.97 Å². The van der Waals surface area contributed by atoms with E-state index in [1.807, 2.05) is 17.2 Å². The summed E-state index contributed by atoms with van der Waals surface area (Å²) in [7, 11) is 0. The monoisotopic (exact) mass is 355 g/mol. The summed E-state index contributed by atoms with van der Waals surface area (Å²) in [6.45, 7) is 2.39. The molecule has 1 aliphatic carbocycles. The molecule has 1 amide bonds. The van der Waals surface area contributed by atoms with Gasteiger partial charge in [0.1, 0.15) is 5.65 Å². The Morgan fingerprint density at radius 1 is 1.23 bits per heavy atom. The Kier molecular flexibility index (Phi) is 4.66. The molecule has 1 saturated carbocycles. The lowest BCUT2D eigenvalue weighted by molar-refractivity contribution is -0.137. The first-order chi connectivity index (χ1) is 12.6. The Morgan fingerprint density at radius 2 is 2.04 bits per heavy atom. The number of aliphatic carboxylic acids is 1. The highest BCUT2D eigenvalue weighted by atomic mass is 16.4.